The van der Waals surface area contributed by atoms with Crippen molar-refractivity contribution in [2.75, 3.05) is 47.1 Å². The number of nitriles is 2. The summed E-state index contributed by atoms with van der Waals surface area (Å²) < 4.78 is 21.9. The van der Waals surface area contributed by atoms with Crippen LogP contribution in [0.1, 0.15) is 81.8 Å². The number of hydrogen-bond donors (Lipinski definition) is 2. The molecular formula is C48H46N10O4. The summed E-state index contributed by atoms with van der Waals surface area (Å²) in [4.78, 5) is 22.6. The maximum absolute atomic E-state index is 9.60. The smallest absolute Gasteiger partial charge is 0.231 e. The first kappa shape index (κ1) is 39.9. The number of rotatable bonds is 8. The number of aromatic nitrogens is 4. The number of aryl methyl sites for hydroxylation is 2. The van der Waals surface area contributed by atoms with Gasteiger partial charge in [0.05, 0.1) is 46.0 Å². The summed E-state index contributed by atoms with van der Waals surface area (Å²) in [6.07, 6.45) is 4.86. The molecule has 62 heavy (non-hydrogen) atoms. The van der Waals surface area contributed by atoms with Crippen molar-refractivity contribution in [3.63, 3.8) is 0 Å². The van der Waals surface area contributed by atoms with Gasteiger partial charge in [-0.15, -0.1) is 0 Å². The van der Waals surface area contributed by atoms with Gasteiger partial charge in [-0.2, -0.15) is 10.5 Å². The summed E-state index contributed by atoms with van der Waals surface area (Å²) in [7, 11) is 0. The minimum Gasteiger partial charge on any atom is -0.454 e. The fourth-order valence-corrected chi connectivity index (χ4v) is 8.31. The average molecular weight is 827 g/mol. The number of nitrogens with one attached hydrogen (secondary N) is 2. The second-order valence-corrected chi connectivity index (χ2v) is 15.9. The van der Waals surface area contributed by atoms with Gasteiger partial charge in [0.1, 0.15) is 36.4 Å². The van der Waals surface area contributed by atoms with Crippen LogP contribution < -0.4 is 39.4 Å². The van der Waals surface area contributed by atoms with E-state index in [1.807, 2.05) is 86.6 Å². The van der Waals surface area contributed by atoms with Crippen molar-refractivity contribution in [2.24, 2.45) is 0 Å². The van der Waals surface area contributed by atoms with Gasteiger partial charge in [-0.05, 0) is 98.5 Å². The highest BCUT2D eigenvalue weighted by Gasteiger charge is 2.26. The van der Waals surface area contributed by atoms with E-state index >= 15 is 0 Å². The molecule has 0 spiro atoms. The van der Waals surface area contributed by atoms with Gasteiger partial charge in [-0.3, -0.25) is 0 Å². The average Bonchev–Trinajstić information content (AvgIpc) is 3.99. The molecule has 4 aliphatic rings. The fourth-order valence-electron chi connectivity index (χ4n) is 8.31. The lowest BCUT2D eigenvalue weighted by Gasteiger charge is -2.32. The van der Waals surface area contributed by atoms with Gasteiger partial charge < -0.3 is 39.4 Å². The number of ether oxygens (including phenoxy) is 4. The predicted molar refractivity (Wildman–Crippen MR) is 235 cm³/mol. The summed E-state index contributed by atoms with van der Waals surface area (Å²) >= 11 is 0. The third kappa shape index (κ3) is 8.15. The van der Waals surface area contributed by atoms with Crippen LogP contribution in [-0.2, 0) is 25.9 Å². The van der Waals surface area contributed by atoms with Crippen molar-refractivity contribution in [2.45, 2.75) is 65.7 Å². The minimum absolute atomic E-state index is 0.0259. The van der Waals surface area contributed by atoms with Gasteiger partial charge in [0.25, 0.3) is 0 Å². The van der Waals surface area contributed by atoms with E-state index in [0.717, 1.165) is 117 Å². The number of benzene rings is 4. The molecule has 6 heterocycles. The van der Waals surface area contributed by atoms with Crippen molar-refractivity contribution in [1.82, 2.24) is 19.9 Å². The second kappa shape index (κ2) is 17.2. The van der Waals surface area contributed by atoms with Crippen LogP contribution in [0.25, 0.3) is 0 Å². The van der Waals surface area contributed by atoms with Crippen LogP contribution in [0, 0.1) is 36.5 Å². The molecular weight excluding hydrogens is 781 g/mol. The number of hydrogen-bond acceptors (Lipinski definition) is 14. The SMILES string of the molecule is Cc1ccc(N2CCc3ncnc(N[C@@H](C)c4ccc5c(c4)OCO5)c3C2)c(C#N)c1.Cc1ccc(N2CCc3ncnc(N[C@H](C)c4ccc5c(c4)OCO5)c3C2)c(C#N)c1. The molecule has 0 aliphatic carbocycles. The fraction of sp³-hybridized carbons (Fsp3) is 0.292. The first-order valence-electron chi connectivity index (χ1n) is 20.7. The number of nitrogens with zero attached hydrogens (tertiary/aromatic N) is 8. The largest absolute Gasteiger partial charge is 0.454 e. The van der Waals surface area contributed by atoms with E-state index in [2.05, 4.69) is 66.4 Å². The Hall–Kier alpha value is -7.58. The lowest BCUT2D eigenvalue weighted by Crippen LogP contribution is -2.32. The number of anilines is 4. The van der Waals surface area contributed by atoms with Crippen LogP contribution in [0.2, 0.25) is 0 Å². The normalized spacial score (nSPS) is 15.2. The third-order valence-electron chi connectivity index (χ3n) is 11.7. The molecule has 0 unspecified atom stereocenters. The standard InChI is InChI=1S/2C24H23N5O2/c2*1-15-3-5-21(18(9-15)11-25)29-8-7-20-19(12-29)24(27-13-26-20)28-16(2)17-4-6-22-23(10-17)31-14-30-22/h2*3-6,9-10,13,16H,7-8,12,14H2,1-2H3,(H,26,27,28)/t2*16-/m10/s1. The Morgan fingerprint density at radius 1 is 0.565 bits per heavy atom. The monoisotopic (exact) mass is 826 g/mol. The molecule has 10 rings (SSSR count). The minimum atomic E-state index is 0.0259. The molecule has 4 aromatic carbocycles. The molecule has 0 amide bonds. The Morgan fingerprint density at radius 2 is 1.00 bits per heavy atom. The molecule has 0 saturated heterocycles. The molecule has 2 aromatic heterocycles. The lowest BCUT2D eigenvalue weighted by molar-refractivity contribution is 0.173. The van der Waals surface area contributed by atoms with Crippen molar-refractivity contribution in [1.29, 1.82) is 10.5 Å². The lowest BCUT2D eigenvalue weighted by atomic mass is 10.0. The molecule has 14 heteroatoms. The van der Waals surface area contributed by atoms with E-state index in [-0.39, 0.29) is 25.7 Å². The maximum Gasteiger partial charge on any atom is 0.231 e. The van der Waals surface area contributed by atoms with Gasteiger partial charge in [-0.1, -0.05) is 24.3 Å². The van der Waals surface area contributed by atoms with E-state index in [4.69, 9.17) is 18.9 Å². The highest BCUT2D eigenvalue weighted by atomic mass is 16.7. The van der Waals surface area contributed by atoms with E-state index in [0.29, 0.717) is 24.2 Å². The van der Waals surface area contributed by atoms with Gasteiger partial charge in [-0.25, -0.2) is 19.9 Å². The van der Waals surface area contributed by atoms with Crippen molar-refractivity contribution < 1.29 is 18.9 Å². The molecule has 0 radical (unpaired) electrons. The van der Waals surface area contributed by atoms with Crippen molar-refractivity contribution >= 4 is 23.0 Å². The van der Waals surface area contributed by atoms with Crippen LogP contribution >= 0.6 is 0 Å². The maximum atomic E-state index is 9.60. The van der Waals surface area contributed by atoms with Crippen LogP contribution in [0.4, 0.5) is 23.0 Å². The molecule has 14 nitrogen and oxygen atoms in total. The molecule has 2 N–H and O–H groups in total. The van der Waals surface area contributed by atoms with Crippen LogP contribution in [0.3, 0.4) is 0 Å². The predicted octanol–water partition coefficient (Wildman–Crippen LogP) is 8.24. The van der Waals surface area contributed by atoms with Gasteiger partial charge in [0.2, 0.25) is 13.6 Å². The topological polar surface area (TPSA) is 167 Å². The molecule has 6 aromatic rings. The molecule has 0 bridgehead atoms. The van der Waals surface area contributed by atoms with Crippen molar-refractivity contribution in [3.05, 3.63) is 141 Å². The van der Waals surface area contributed by atoms with E-state index in [1.165, 1.54) is 0 Å². The zero-order valence-electron chi connectivity index (χ0n) is 35.1. The highest BCUT2D eigenvalue weighted by molar-refractivity contribution is 5.64. The zero-order chi connectivity index (χ0) is 42.7. The molecule has 4 aliphatic heterocycles. The summed E-state index contributed by atoms with van der Waals surface area (Å²) in [5, 5.41) is 26.3. The van der Waals surface area contributed by atoms with Crippen molar-refractivity contribution in [3.8, 4) is 35.1 Å². The Bertz CT molecular complexity index is 2560. The van der Waals surface area contributed by atoms with E-state index in [1.54, 1.807) is 12.7 Å². The van der Waals surface area contributed by atoms with E-state index < -0.39 is 0 Å². The summed E-state index contributed by atoms with van der Waals surface area (Å²) in [5.74, 6) is 4.74. The summed E-state index contributed by atoms with van der Waals surface area (Å²) in [6, 6.07) is 28.7. The highest BCUT2D eigenvalue weighted by Crippen LogP contribution is 2.38. The first-order chi connectivity index (χ1) is 30.2. The molecule has 0 fully saturated rings. The van der Waals surface area contributed by atoms with E-state index in [9.17, 15) is 10.5 Å². The van der Waals surface area contributed by atoms with Crippen LogP contribution in [-0.4, -0.2) is 46.6 Å². The van der Waals surface area contributed by atoms with Gasteiger partial charge in [0.15, 0.2) is 23.0 Å². The summed E-state index contributed by atoms with van der Waals surface area (Å²) in [6.45, 7) is 11.7. The molecule has 0 saturated carbocycles. The third-order valence-corrected chi connectivity index (χ3v) is 11.7. The molecule has 2 atom stereocenters. The zero-order valence-corrected chi connectivity index (χ0v) is 35.1. The summed E-state index contributed by atoms with van der Waals surface area (Å²) in [5.41, 5.74) is 11.9. The van der Waals surface area contributed by atoms with Gasteiger partial charge in [0, 0.05) is 50.1 Å². The Labute approximate surface area is 360 Å². The van der Waals surface area contributed by atoms with Crippen LogP contribution in [0.15, 0.2) is 85.5 Å². The Morgan fingerprint density at radius 3 is 1.44 bits per heavy atom. The first-order valence-corrected chi connectivity index (χ1v) is 20.7. The number of fused-ring (bicyclic) bond motifs is 4. The van der Waals surface area contributed by atoms with Crippen LogP contribution in [0.5, 0.6) is 23.0 Å². The molecule has 312 valence electrons. The Balaban J connectivity index is 0.000000158. The second-order valence-electron chi connectivity index (χ2n) is 15.9. The quantitative estimate of drug-likeness (QED) is 0.151. The Kier molecular flexibility index (Phi) is 11.0. The van der Waals surface area contributed by atoms with Gasteiger partial charge >= 0.3 is 0 Å².